The summed E-state index contributed by atoms with van der Waals surface area (Å²) in [5.74, 6) is 0. The van der Waals surface area contributed by atoms with Crippen LogP contribution in [0.1, 0.15) is 5.69 Å². The quantitative estimate of drug-likeness (QED) is 0.775. The maximum Gasteiger partial charge on any atom is 0.155 e. The van der Waals surface area contributed by atoms with Gasteiger partial charge >= 0.3 is 0 Å². The van der Waals surface area contributed by atoms with Crippen molar-refractivity contribution in [2.45, 2.75) is 6.42 Å². The standard InChI is InChI=1S/C13H14BrN5/c1-15-6-5-11-13(14)19-12(17-11)3-2-10(18-19)9-4-7-16-8-9/h2-4,7-8,15-16H,5-6H2,1H3. The molecule has 0 saturated carbocycles. The fraction of sp³-hybridized carbons (Fsp3) is 0.231. The predicted molar refractivity (Wildman–Crippen MR) is 78.1 cm³/mol. The maximum absolute atomic E-state index is 4.61. The van der Waals surface area contributed by atoms with Crippen LogP contribution in [0.5, 0.6) is 0 Å². The number of aromatic nitrogens is 4. The molecule has 98 valence electrons. The molecule has 0 aliphatic carbocycles. The third-order valence-corrected chi connectivity index (χ3v) is 3.79. The van der Waals surface area contributed by atoms with Crippen LogP contribution in [0, 0.1) is 0 Å². The Labute approximate surface area is 119 Å². The summed E-state index contributed by atoms with van der Waals surface area (Å²) >= 11 is 3.58. The van der Waals surface area contributed by atoms with Gasteiger partial charge in [-0.05, 0) is 41.2 Å². The first kappa shape index (κ1) is 12.4. The lowest BCUT2D eigenvalue weighted by Crippen LogP contribution is -2.10. The van der Waals surface area contributed by atoms with Gasteiger partial charge in [-0.3, -0.25) is 0 Å². The van der Waals surface area contributed by atoms with E-state index in [0.29, 0.717) is 0 Å². The number of aromatic amines is 1. The average Bonchev–Trinajstić information content (AvgIpc) is 3.05. The minimum absolute atomic E-state index is 0.859. The highest BCUT2D eigenvalue weighted by molar-refractivity contribution is 9.10. The highest BCUT2D eigenvalue weighted by atomic mass is 79.9. The van der Waals surface area contributed by atoms with E-state index in [2.05, 4.69) is 36.3 Å². The van der Waals surface area contributed by atoms with Gasteiger partial charge in [0, 0.05) is 30.9 Å². The molecule has 0 bridgehead atoms. The highest BCUT2D eigenvalue weighted by Crippen LogP contribution is 2.22. The van der Waals surface area contributed by atoms with Crippen molar-refractivity contribution < 1.29 is 0 Å². The van der Waals surface area contributed by atoms with Gasteiger partial charge in [-0.25, -0.2) is 9.50 Å². The normalized spacial score (nSPS) is 11.3. The molecule has 5 nitrogen and oxygen atoms in total. The molecule has 3 rings (SSSR count). The minimum atomic E-state index is 0.859. The van der Waals surface area contributed by atoms with Crippen LogP contribution in [0.4, 0.5) is 0 Å². The molecule has 0 aliphatic rings. The molecule has 3 aromatic heterocycles. The molecule has 0 saturated heterocycles. The molecule has 0 spiro atoms. The summed E-state index contributed by atoms with van der Waals surface area (Å²) in [5, 5.41) is 7.74. The summed E-state index contributed by atoms with van der Waals surface area (Å²) < 4.78 is 2.77. The molecule has 0 aromatic carbocycles. The molecule has 0 aliphatic heterocycles. The third kappa shape index (κ3) is 2.29. The van der Waals surface area contributed by atoms with Crippen LogP contribution in [0.25, 0.3) is 16.9 Å². The molecular weight excluding hydrogens is 306 g/mol. The second kappa shape index (κ2) is 5.14. The van der Waals surface area contributed by atoms with Crippen LogP contribution in [0.3, 0.4) is 0 Å². The molecule has 2 N–H and O–H groups in total. The molecule has 19 heavy (non-hydrogen) atoms. The van der Waals surface area contributed by atoms with Crippen molar-refractivity contribution >= 4 is 21.6 Å². The summed E-state index contributed by atoms with van der Waals surface area (Å²) in [4.78, 5) is 7.62. The number of imidazole rings is 1. The monoisotopic (exact) mass is 319 g/mol. The van der Waals surface area contributed by atoms with Crippen LogP contribution in [-0.2, 0) is 6.42 Å². The van der Waals surface area contributed by atoms with Crippen molar-refractivity contribution in [2.24, 2.45) is 0 Å². The molecule has 0 radical (unpaired) electrons. The van der Waals surface area contributed by atoms with Gasteiger partial charge in [-0.2, -0.15) is 5.10 Å². The van der Waals surface area contributed by atoms with Crippen LogP contribution in [0.15, 0.2) is 35.2 Å². The first-order valence-corrected chi connectivity index (χ1v) is 6.91. The van der Waals surface area contributed by atoms with Crippen molar-refractivity contribution in [3.63, 3.8) is 0 Å². The topological polar surface area (TPSA) is 58.0 Å². The summed E-state index contributed by atoms with van der Waals surface area (Å²) in [6.45, 7) is 0.896. The van der Waals surface area contributed by atoms with E-state index in [1.165, 1.54) is 0 Å². The molecule has 0 fully saturated rings. The zero-order chi connectivity index (χ0) is 13.2. The lowest BCUT2D eigenvalue weighted by molar-refractivity contribution is 0.775. The SMILES string of the molecule is CNCCc1nc2ccc(-c3cc[nH]c3)nn2c1Br. The first-order valence-electron chi connectivity index (χ1n) is 6.11. The Morgan fingerprint density at radius 2 is 2.26 bits per heavy atom. The van der Waals surface area contributed by atoms with Crippen LogP contribution in [0.2, 0.25) is 0 Å². The van der Waals surface area contributed by atoms with Gasteiger partial charge < -0.3 is 10.3 Å². The van der Waals surface area contributed by atoms with E-state index in [9.17, 15) is 0 Å². The van der Waals surface area contributed by atoms with Gasteiger partial charge in [-0.15, -0.1) is 0 Å². The van der Waals surface area contributed by atoms with E-state index >= 15 is 0 Å². The van der Waals surface area contributed by atoms with Crippen LogP contribution < -0.4 is 5.32 Å². The molecule has 0 amide bonds. The Balaban J connectivity index is 2.05. The van der Waals surface area contributed by atoms with Gasteiger partial charge in [0.1, 0.15) is 4.60 Å². The number of halogens is 1. The van der Waals surface area contributed by atoms with Gasteiger partial charge in [-0.1, -0.05) is 0 Å². The maximum atomic E-state index is 4.61. The molecule has 6 heteroatoms. The number of H-pyrrole nitrogens is 1. The number of rotatable bonds is 4. The van der Waals surface area contributed by atoms with Crippen molar-refractivity contribution in [2.75, 3.05) is 13.6 Å². The number of hydrogen-bond acceptors (Lipinski definition) is 3. The largest absolute Gasteiger partial charge is 0.367 e. The zero-order valence-corrected chi connectivity index (χ0v) is 12.1. The number of likely N-dealkylation sites (N-methyl/N-ethyl adjacent to an activating group) is 1. The lowest BCUT2D eigenvalue weighted by Gasteiger charge is -1.99. The Hall–Kier alpha value is -1.66. The van der Waals surface area contributed by atoms with Gasteiger partial charge in [0.15, 0.2) is 5.65 Å². The zero-order valence-electron chi connectivity index (χ0n) is 10.5. The van der Waals surface area contributed by atoms with Crippen LogP contribution in [-0.4, -0.2) is 33.2 Å². The molecule has 0 atom stereocenters. The third-order valence-electron chi connectivity index (χ3n) is 2.99. The Kier molecular flexibility index (Phi) is 3.35. The fourth-order valence-corrected chi connectivity index (χ4v) is 2.54. The van der Waals surface area contributed by atoms with E-state index in [1.54, 1.807) is 0 Å². The van der Waals surface area contributed by atoms with Crippen molar-refractivity contribution in [3.8, 4) is 11.3 Å². The Morgan fingerprint density at radius 1 is 1.37 bits per heavy atom. The van der Waals surface area contributed by atoms with Crippen molar-refractivity contribution in [3.05, 3.63) is 40.9 Å². The second-order valence-electron chi connectivity index (χ2n) is 4.29. The number of nitrogens with one attached hydrogen (secondary N) is 2. The lowest BCUT2D eigenvalue weighted by atomic mass is 10.2. The number of hydrogen-bond donors (Lipinski definition) is 2. The number of nitrogens with zero attached hydrogens (tertiary/aromatic N) is 3. The molecule has 0 unspecified atom stereocenters. The van der Waals surface area contributed by atoms with Gasteiger partial charge in [0.05, 0.1) is 11.4 Å². The van der Waals surface area contributed by atoms with E-state index in [-0.39, 0.29) is 0 Å². The summed E-state index contributed by atoms with van der Waals surface area (Å²) in [7, 11) is 1.94. The molecule has 3 aromatic rings. The summed E-state index contributed by atoms with van der Waals surface area (Å²) in [6.07, 6.45) is 4.70. The predicted octanol–water partition coefficient (Wildman–Crippen LogP) is 2.25. The summed E-state index contributed by atoms with van der Waals surface area (Å²) in [6, 6.07) is 5.98. The Morgan fingerprint density at radius 3 is 3.00 bits per heavy atom. The van der Waals surface area contributed by atoms with Crippen molar-refractivity contribution in [1.82, 2.24) is 24.9 Å². The highest BCUT2D eigenvalue weighted by Gasteiger charge is 2.11. The average molecular weight is 320 g/mol. The summed E-state index contributed by atoms with van der Waals surface area (Å²) in [5.41, 5.74) is 3.87. The van der Waals surface area contributed by atoms with E-state index in [4.69, 9.17) is 0 Å². The molecule has 3 heterocycles. The minimum Gasteiger partial charge on any atom is -0.367 e. The first-order chi connectivity index (χ1) is 9.29. The smallest absolute Gasteiger partial charge is 0.155 e. The fourth-order valence-electron chi connectivity index (χ4n) is 1.99. The number of fused-ring (bicyclic) bond motifs is 1. The van der Waals surface area contributed by atoms with E-state index in [0.717, 1.165) is 40.2 Å². The second-order valence-corrected chi connectivity index (χ2v) is 5.04. The van der Waals surface area contributed by atoms with Crippen LogP contribution >= 0.6 is 15.9 Å². The van der Waals surface area contributed by atoms with Crippen molar-refractivity contribution in [1.29, 1.82) is 0 Å². The van der Waals surface area contributed by atoms with Gasteiger partial charge in [0.25, 0.3) is 0 Å². The van der Waals surface area contributed by atoms with E-state index in [1.807, 2.05) is 42.2 Å². The molecular formula is C13H14BrN5. The van der Waals surface area contributed by atoms with Gasteiger partial charge in [0.2, 0.25) is 0 Å². The Bertz CT molecular complexity index is 686. The van der Waals surface area contributed by atoms with E-state index < -0.39 is 0 Å².